The van der Waals surface area contributed by atoms with E-state index in [1.807, 2.05) is 0 Å². The van der Waals surface area contributed by atoms with Crippen LogP contribution < -0.4 is 5.73 Å². The molecule has 1 rings (SSSR count). The summed E-state index contributed by atoms with van der Waals surface area (Å²) < 4.78 is 12.2. The number of Topliss-reactive ketones (excluding diaryl/α,β-unsaturated/α-hetero) is 1. The normalized spacial score (nSPS) is 11.5. The van der Waals surface area contributed by atoms with Gasteiger partial charge >= 0.3 is 0 Å². The van der Waals surface area contributed by atoms with E-state index < -0.39 is 12.1 Å². The first-order valence-corrected chi connectivity index (χ1v) is 3.21. The Morgan fingerprint density at radius 2 is 1.83 bits per heavy atom. The van der Waals surface area contributed by atoms with Crippen LogP contribution in [0.5, 0.6) is 0 Å². The van der Waals surface area contributed by atoms with E-state index in [0.717, 1.165) is 0 Å². The molecule has 0 saturated heterocycles. The molecule has 0 aliphatic rings. The van der Waals surface area contributed by atoms with Crippen LogP contribution in [0.15, 0.2) is 30.3 Å². The fourth-order valence-corrected chi connectivity index (χ4v) is 0.762. The van der Waals surface area contributed by atoms with Crippen molar-refractivity contribution in [3.63, 3.8) is 0 Å². The summed E-state index contributed by atoms with van der Waals surface area (Å²) in [4.78, 5) is 10.8. The third-order valence-corrected chi connectivity index (χ3v) is 1.31. The predicted octanol–water partition coefficient (Wildman–Crippen LogP) is 1.55. The summed E-state index contributed by atoms with van der Waals surface area (Å²) in [6.45, 7) is 0. The van der Waals surface area contributed by atoms with Crippen LogP contribution in [-0.4, -0.2) is 12.1 Å². The molecule has 0 amide bonds. The maximum Gasteiger partial charge on any atom is 0.212 e. The lowest BCUT2D eigenvalue weighted by Crippen LogP contribution is -2.24. The Balaban J connectivity index is 0.00000121. The van der Waals surface area contributed by atoms with Crippen molar-refractivity contribution in [3.05, 3.63) is 35.9 Å². The molecule has 0 saturated carbocycles. The lowest BCUT2D eigenvalue weighted by molar-refractivity contribution is 0.0883. The maximum atomic E-state index is 12.2. The smallest absolute Gasteiger partial charge is 0.212 e. The SMILES string of the molecule is Cl.NC(F)C(=O)c1ccccc1. The standard InChI is InChI=1S/C8H8FNO.ClH/c9-8(10)7(11)6-4-2-1-3-5-6;/h1-5,8H,10H2;1H. The highest BCUT2D eigenvalue weighted by molar-refractivity contribution is 5.98. The first-order valence-electron chi connectivity index (χ1n) is 3.21. The van der Waals surface area contributed by atoms with Crippen LogP contribution in [0.4, 0.5) is 4.39 Å². The molecule has 1 atom stereocenters. The van der Waals surface area contributed by atoms with Crippen molar-refractivity contribution in [3.8, 4) is 0 Å². The van der Waals surface area contributed by atoms with Crippen LogP contribution in [-0.2, 0) is 0 Å². The molecule has 0 aromatic heterocycles. The van der Waals surface area contributed by atoms with E-state index in [-0.39, 0.29) is 12.4 Å². The van der Waals surface area contributed by atoms with Crippen LogP contribution in [0.25, 0.3) is 0 Å². The highest BCUT2D eigenvalue weighted by Crippen LogP contribution is 2.02. The highest BCUT2D eigenvalue weighted by Gasteiger charge is 2.12. The molecule has 0 fully saturated rings. The largest absolute Gasteiger partial charge is 0.295 e. The number of rotatable bonds is 2. The third kappa shape index (κ3) is 2.60. The Morgan fingerprint density at radius 1 is 1.33 bits per heavy atom. The monoisotopic (exact) mass is 189 g/mol. The van der Waals surface area contributed by atoms with Crippen molar-refractivity contribution in [2.75, 3.05) is 0 Å². The van der Waals surface area contributed by atoms with Crippen molar-refractivity contribution in [2.24, 2.45) is 5.73 Å². The summed E-state index contributed by atoms with van der Waals surface area (Å²) in [6.07, 6.45) is -1.91. The molecule has 0 aliphatic carbocycles. The Hall–Kier alpha value is -0.930. The van der Waals surface area contributed by atoms with Gasteiger partial charge < -0.3 is 0 Å². The van der Waals surface area contributed by atoms with E-state index in [9.17, 15) is 9.18 Å². The summed E-state index contributed by atoms with van der Waals surface area (Å²) in [5.41, 5.74) is 5.06. The molecule has 0 heterocycles. The Kier molecular flexibility index (Phi) is 4.47. The molecular formula is C8H9ClFNO. The average molecular weight is 190 g/mol. The number of benzene rings is 1. The van der Waals surface area contributed by atoms with E-state index in [0.29, 0.717) is 5.56 Å². The van der Waals surface area contributed by atoms with Crippen LogP contribution in [0.3, 0.4) is 0 Å². The van der Waals surface area contributed by atoms with Gasteiger partial charge in [-0.25, -0.2) is 4.39 Å². The first-order chi connectivity index (χ1) is 5.22. The van der Waals surface area contributed by atoms with Gasteiger partial charge in [-0.1, -0.05) is 30.3 Å². The number of ketones is 1. The fourth-order valence-electron chi connectivity index (χ4n) is 0.762. The summed E-state index contributed by atoms with van der Waals surface area (Å²) in [7, 11) is 0. The molecule has 2 nitrogen and oxygen atoms in total. The Labute approximate surface area is 76.0 Å². The third-order valence-electron chi connectivity index (χ3n) is 1.31. The first kappa shape index (κ1) is 11.1. The summed E-state index contributed by atoms with van der Waals surface area (Å²) >= 11 is 0. The van der Waals surface area contributed by atoms with Gasteiger partial charge in [-0.2, -0.15) is 0 Å². The lowest BCUT2D eigenvalue weighted by atomic mass is 10.1. The van der Waals surface area contributed by atoms with E-state index in [1.165, 1.54) is 12.1 Å². The van der Waals surface area contributed by atoms with Gasteiger partial charge in [0.05, 0.1) is 0 Å². The molecule has 1 aromatic rings. The van der Waals surface area contributed by atoms with Crippen LogP contribution in [0.1, 0.15) is 10.4 Å². The topological polar surface area (TPSA) is 43.1 Å². The van der Waals surface area contributed by atoms with E-state index in [4.69, 9.17) is 5.73 Å². The van der Waals surface area contributed by atoms with Gasteiger partial charge in [0, 0.05) is 5.56 Å². The molecule has 12 heavy (non-hydrogen) atoms. The molecule has 66 valence electrons. The fraction of sp³-hybridized carbons (Fsp3) is 0.125. The number of halogens is 2. The van der Waals surface area contributed by atoms with Gasteiger partial charge in [0.1, 0.15) is 0 Å². The molecule has 0 spiro atoms. The van der Waals surface area contributed by atoms with Crippen molar-refractivity contribution in [2.45, 2.75) is 6.30 Å². The van der Waals surface area contributed by atoms with Crippen LogP contribution in [0, 0.1) is 0 Å². The Bertz CT molecular complexity index is 250. The number of carbonyl (C=O) groups excluding carboxylic acids is 1. The molecule has 1 aromatic carbocycles. The summed E-state index contributed by atoms with van der Waals surface area (Å²) in [6, 6.07) is 8.13. The van der Waals surface area contributed by atoms with Gasteiger partial charge in [0.15, 0.2) is 0 Å². The second-order valence-electron chi connectivity index (χ2n) is 2.13. The van der Waals surface area contributed by atoms with Gasteiger partial charge in [-0.3, -0.25) is 10.5 Å². The molecule has 1 unspecified atom stereocenters. The number of carbonyl (C=O) groups is 1. The molecule has 0 radical (unpaired) electrons. The van der Waals surface area contributed by atoms with Crippen molar-refractivity contribution in [1.29, 1.82) is 0 Å². The van der Waals surface area contributed by atoms with Crippen LogP contribution in [0.2, 0.25) is 0 Å². The van der Waals surface area contributed by atoms with E-state index in [1.54, 1.807) is 18.2 Å². The van der Waals surface area contributed by atoms with Crippen molar-refractivity contribution >= 4 is 18.2 Å². The van der Waals surface area contributed by atoms with Crippen molar-refractivity contribution < 1.29 is 9.18 Å². The van der Waals surface area contributed by atoms with E-state index >= 15 is 0 Å². The van der Waals surface area contributed by atoms with E-state index in [2.05, 4.69) is 0 Å². The van der Waals surface area contributed by atoms with Gasteiger partial charge in [0.25, 0.3) is 0 Å². The van der Waals surface area contributed by atoms with Gasteiger partial charge in [-0.15, -0.1) is 12.4 Å². The molecular weight excluding hydrogens is 181 g/mol. The molecule has 0 bridgehead atoms. The summed E-state index contributed by atoms with van der Waals surface area (Å²) in [5.74, 6) is -0.675. The Morgan fingerprint density at radius 3 is 2.25 bits per heavy atom. The molecule has 2 N–H and O–H groups in total. The highest BCUT2D eigenvalue weighted by atomic mass is 35.5. The second-order valence-corrected chi connectivity index (χ2v) is 2.13. The number of alkyl halides is 1. The zero-order valence-corrected chi connectivity index (χ0v) is 7.05. The molecule has 0 aliphatic heterocycles. The zero-order chi connectivity index (χ0) is 8.27. The minimum Gasteiger partial charge on any atom is -0.295 e. The predicted molar refractivity (Wildman–Crippen MR) is 47.1 cm³/mol. The lowest BCUT2D eigenvalue weighted by Gasteiger charge is -1.99. The molecule has 4 heteroatoms. The van der Waals surface area contributed by atoms with Gasteiger partial charge in [0.2, 0.25) is 12.1 Å². The summed E-state index contributed by atoms with van der Waals surface area (Å²) in [5, 5.41) is 0. The number of nitrogens with two attached hydrogens (primary N) is 1. The van der Waals surface area contributed by atoms with Crippen molar-refractivity contribution in [1.82, 2.24) is 0 Å². The zero-order valence-electron chi connectivity index (χ0n) is 6.24. The number of hydrogen-bond donors (Lipinski definition) is 1. The minimum atomic E-state index is -1.91. The minimum absolute atomic E-state index is 0. The quantitative estimate of drug-likeness (QED) is 0.567. The van der Waals surface area contributed by atoms with Crippen LogP contribution >= 0.6 is 12.4 Å². The maximum absolute atomic E-state index is 12.2. The number of hydrogen-bond acceptors (Lipinski definition) is 2. The average Bonchev–Trinajstić information content (AvgIpc) is 2.05. The second kappa shape index (κ2) is 4.85. The van der Waals surface area contributed by atoms with Gasteiger partial charge in [-0.05, 0) is 0 Å².